The number of unbranched alkanes of at least 4 members (excludes halogenated alkanes) is 2. The van der Waals surface area contributed by atoms with E-state index in [0.29, 0.717) is 43.2 Å². The Morgan fingerprint density at radius 1 is 1.05 bits per heavy atom. The number of esters is 1. The minimum atomic E-state index is -0.895. The van der Waals surface area contributed by atoms with Crippen molar-refractivity contribution < 1.29 is 24.2 Å². The number of benzene rings is 1. The van der Waals surface area contributed by atoms with Gasteiger partial charge in [-0.15, -0.1) is 11.8 Å². The number of anilines is 1. The van der Waals surface area contributed by atoms with Crippen LogP contribution in [0.25, 0.3) is 0 Å². The van der Waals surface area contributed by atoms with Gasteiger partial charge in [0.05, 0.1) is 23.2 Å². The predicted octanol–water partition coefficient (Wildman–Crippen LogP) is 3.99. The highest BCUT2D eigenvalue weighted by atomic mass is 35.5. The Balaban J connectivity index is 1.59. The molecule has 37 heavy (non-hydrogen) atoms. The molecule has 0 radical (unpaired) electrons. The number of cyclic esters (lactones) is 1. The number of nitrogens with zero attached hydrogens (tertiary/aromatic N) is 2. The number of amides is 2. The fourth-order valence-electron chi connectivity index (χ4n) is 6.30. The first kappa shape index (κ1) is 26.3. The highest BCUT2D eigenvalue weighted by Crippen LogP contribution is 2.65. The number of ether oxygens (including phenoxy) is 1. The molecular formula is C28H33ClN2O5S. The zero-order chi connectivity index (χ0) is 26.2. The molecule has 1 spiro atoms. The van der Waals surface area contributed by atoms with Gasteiger partial charge in [0.2, 0.25) is 5.91 Å². The summed E-state index contributed by atoms with van der Waals surface area (Å²) in [6.45, 7) is 3.16. The second-order valence-corrected chi connectivity index (χ2v) is 12.6. The Bertz CT molecular complexity index is 1120. The van der Waals surface area contributed by atoms with Crippen LogP contribution in [-0.4, -0.2) is 69.6 Å². The molecule has 4 aliphatic heterocycles. The lowest BCUT2D eigenvalue weighted by molar-refractivity contribution is -0.154. The number of fused-ring (bicyclic) bond motifs is 2. The third-order valence-corrected chi connectivity index (χ3v) is 9.99. The van der Waals surface area contributed by atoms with Crippen molar-refractivity contribution in [1.29, 1.82) is 0 Å². The Hall–Kier alpha value is -2.29. The molecule has 1 aromatic rings. The number of halogens is 1. The number of thioether (sulfide) groups is 1. The second kappa shape index (κ2) is 10.5. The number of rotatable bonds is 6. The molecule has 2 fully saturated rings. The van der Waals surface area contributed by atoms with Gasteiger partial charge in [0, 0.05) is 35.2 Å². The molecule has 4 aliphatic rings. The molecule has 9 heteroatoms. The van der Waals surface area contributed by atoms with Crippen LogP contribution < -0.4 is 4.90 Å². The first-order valence-electron chi connectivity index (χ1n) is 13.0. The van der Waals surface area contributed by atoms with Crippen LogP contribution in [0.5, 0.6) is 0 Å². The van der Waals surface area contributed by atoms with Gasteiger partial charge in [0.1, 0.15) is 6.04 Å². The highest BCUT2D eigenvalue weighted by Gasteiger charge is 2.73. The number of aliphatic hydroxyl groups excluding tert-OH is 1. The van der Waals surface area contributed by atoms with E-state index >= 15 is 0 Å². The third-order valence-electron chi connectivity index (χ3n) is 7.95. The molecule has 198 valence electrons. The van der Waals surface area contributed by atoms with Crippen LogP contribution in [-0.2, 0) is 19.1 Å². The van der Waals surface area contributed by atoms with Gasteiger partial charge in [0.25, 0.3) is 5.91 Å². The van der Waals surface area contributed by atoms with Crippen LogP contribution in [0, 0.1) is 11.8 Å². The molecule has 2 saturated heterocycles. The number of hydrogen-bond acceptors (Lipinski definition) is 6. The molecular weight excluding hydrogens is 512 g/mol. The normalized spacial score (nSPS) is 34.1. The average Bonchev–Trinajstić information content (AvgIpc) is 3.22. The minimum absolute atomic E-state index is 0.0877. The van der Waals surface area contributed by atoms with E-state index in [9.17, 15) is 19.5 Å². The fourth-order valence-corrected chi connectivity index (χ4v) is 8.58. The molecule has 0 aliphatic carbocycles. The third kappa shape index (κ3) is 4.51. The summed E-state index contributed by atoms with van der Waals surface area (Å²) in [5, 5.41) is 9.81. The van der Waals surface area contributed by atoms with Gasteiger partial charge in [-0.05, 0) is 63.3 Å². The molecule has 0 bridgehead atoms. The van der Waals surface area contributed by atoms with Crippen molar-refractivity contribution >= 4 is 46.8 Å². The quantitative estimate of drug-likeness (QED) is 0.331. The maximum Gasteiger partial charge on any atom is 0.311 e. The topological polar surface area (TPSA) is 87.1 Å². The monoisotopic (exact) mass is 544 g/mol. The summed E-state index contributed by atoms with van der Waals surface area (Å²) in [4.78, 5) is 45.4. The van der Waals surface area contributed by atoms with E-state index in [1.807, 2.05) is 31.2 Å². The van der Waals surface area contributed by atoms with Gasteiger partial charge < -0.3 is 19.6 Å². The van der Waals surface area contributed by atoms with Gasteiger partial charge in [-0.2, -0.15) is 0 Å². The van der Waals surface area contributed by atoms with Crippen molar-refractivity contribution in [3.63, 3.8) is 0 Å². The van der Waals surface area contributed by atoms with Gasteiger partial charge in [-0.1, -0.05) is 35.9 Å². The van der Waals surface area contributed by atoms with E-state index in [1.54, 1.807) is 33.7 Å². The summed E-state index contributed by atoms with van der Waals surface area (Å²) < 4.78 is 4.09. The van der Waals surface area contributed by atoms with Crippen molar-refractivity contribution in [3.8, 4) is 0 Å². The number of carbonyl (C=O) groups is 3. The molecule has 7 nitrogen and oxygen atoms in total. The van der Waals surface area contributed by atoms with Gasteiger partial charge in [-0.25, -0.2) is 0 Å². The fraction of sp³-hybridized carbons (Fsp3) is 0.536. The summed E-state index contributed by atoms with van der Waals surface area (Å²) in [7, 11) is 0. The molecule has 5 rings (SSSR count). The number of allylic oxidation sites excluding steroid dienone is 1. The van der Waals surface area contributed by atoms with Gasteiger partial charge in [0.15, 0.2) is 0 Å². The lowest BCUT2D eigenvalue weighted by atomic mass is 9.74. The molecule has 4 heterocycles. The molecule has 5 atom stereocenters. The van der Waals surface area contributed by atoms with Crippen molar-refractivity contribution in [1.82, 2.24) is 4.90 Å². The average molecular weight is 545 g/mol. The van der Waals surface area contributed by atoms with E-state index in [0.717, 1.165) is 19.3 Å². The predicted molar refractivity (Wildman–Crippen MR) is 144 cm³/mol. The van der Waals surface area contributed by atoms with E-state index in [2.05, 4.69) is 12.2 Å². The van der Waals surface area contributed by atoms with Crippen LogP contribution in [0.1, 0.15) is 39.0 Å². The van der Waals surface area contributed by atoms with Crippen molar-refractivity contribution in [2.45, 2.75) is 54.6 Å². The van der Waals surface area contributed by atoms with Gasteiger partial charge >= 0.3 is 5.97 Å². The summed E-state index contributed by atoms with van der Waals surface area (Å²) >= 11 is 7.66. The Morgan fingerprint density at radius 2 is 1.84 bits per heavy atom. The van der Waals surface area contributed by atoms with E-state index in [1.165, 1.54) is 0 Å². The second-order valence-electron chi connectivity index (χ2n) is 10.4. The molecule has 1 aromatic carbocycles. The van der Waals surface area contributed by atoms with E-state index in [-0.39, 0.29) is 24.4 Å². The zero-order valence-electron chi connectivity index (χ0n) is 21.0. The lowest BCUT2D eigenvalue weighted by Crippen LogP contribution is -2.53. The molecule has 0 saturated carbocycles. The largest absolute Gasteiger partial charge is 0.465 e. The SMILES string of the molecule is C[C@]12/C=C\CCCOC(=O)[C@H]1[C@H]1C(=O)N(CCCCCO)C3C(=O)N(c4ccc(Cl)cc4)CC=C[C@@]31S2. The van der Waals surface area contributed by atoms with E-state index in [4.69, 9.17) is 16.3 Å². The number of hydrogen-bond donors (Lipinski definition) is 1. The number of aliphatic hydroxyl groups is 1. The Kier molecular flexibility index (Phi) is 7.44. The van der Waals surface area contributed by atoms with Crippen LogP contribution in [0.2, 0.25) is 5.02 Å². The molecule has 0 aromatic heterocycles. The first-order valence-corrected chi connectivity index (χ1v) is 14.2. The van der Waals surface area contributed by atoms with Crippen molar-refractivity contribution in [3.05, 3.63) is 53.6 Å². The molecule has 2 amide bonds. The number of likely N-dealkylation sites (tertiary alicyclic amines) is 1. The Labute approximate surface area is 226 Å². The highest BCUT2D eigenvalue weighted by molar-refractivity contribution is 8.02. The Morgan fingerprint density at radius 3 is 2.59 bits per heavy atom. The molecule has 1 N–H and O–H groups in total. The van der Waals surface area contributed by atoms with Crippen molar-refractivity contribution in [2.75, 3.05) is 31.2 Å². The maximum absolute atomic E-state index is 14.3. The minimum Gasteiger partial charge on any atom is -0.465 e. The van der Waals surface area contributed by atoms with Crippen LogP contribution >= 0.6 is 23.4 Å². The zero-order valence-corrected chi connectivity index (χ0v) is 22.5. The van der Waals surface area contributed by atoms with Crippen molar-refractivity contribution in [2.24, 2.45) is 11.8 Å². The summed E-state index contributed by atoms with van der Waals surface area (Å²) in [6.07, 6.45) is 11.7. The van der Waals surface area contributed by atoms with Crippen LogP contribution in [0.15, 0.2) is 48.6 Å². The first-order chi connectivity index (χ1) is 17.8. The maximum atomic E-state index is 14.3. The smallest absolute Gasteiger partial charge is 0.311 e. The summed E-state index contributed by atoms with van der Waals surface area (Å²) in [5.74, 6) is -2.09. The summed E-state index contributed by atoms with van der Waals surface area (Å²) in [5.41, 5.74) is 0.711. The number of carbonyl (C=O) groups excluding carboxylic acids is 3. The standard InChI is InChI=1S/C28H33ClN2O5S/c1-27-13-4-2-7-18-36-26(35)22(27)21-24(33)31(15-5-3-6-17-32)23-25(34)30(16-8-14-28(21,23)37-27)20-11-9-19(29)10-12-20/h4,8-14,21-23,32H,2-3,5-7,15-18H2,1H3/b13-4-/t21-,22+,23?,27-,28-/m0/s1. The van der Waals surface area contributed by atoms with Crippen LogP contribution in [0.3, 0.4) is 0 Å². The van der Waals surface area contributed by atoms with E-state index < -0.39 is 27.4 Å². The molecule has 1 unspecified atom stereocenters. The van der Waals surface area contributed by atoms with Crippen LogP contribution in [0.4, 0.5) is 5.69 Å². The van der Waals surface area contributed by atoms with Gasteiger partial charge in [-0.3, -0.25) is 14.4 Å². The summed E-state index contributed by atoms with van der Waals surface area (Å²) in [6, 6.07) is 6.37. The lowest BCUT2D eigenvalue weighted by Gasteiger charge is -2.37.